The zero-order chi connectivity index (χ0) is 31.6. The number of unbranched alkanes of at least 4 members (excludes halogenated alkanes) is 1. The number of hydrogen-bond donors (Lipinski definition) is 4. The molecule has 12 heteroatoms. The van der Waals surface area contributed by atoms with E-state index in [1.807, 2.05) is 19.9 Å². The fourth-order valence-corrected chi connectivity index (χ4v) is 4.95. The van der Waals surface area contributed by atoms with Crippen LogP contribution in [0.4, 0.5) is 20.3 Å². The van der Waals surface area contributed by atoms with Gasteiger partial charge in [0.2, 0.25) is 11.7 Å². The number of aryl methyl sites for hydroxylation is 1. The van der Waals surface area contributed by atoms with E-state index in [9.17, 15) is 18.4 Å². The molecule has 4 N–H and O–H groups in total. The number of anilines is 2. The highest BCUT2D eigenvalue weighted by molar-refractivity contribution is 5.98. The number of benzene rings is 2. The summed E-state index contributed by atoms with van der Waals surface area (Å²) in [5.41, 5.74) is 2.98. The van der Waals surface area contributed by atoms with Crippen LogP contribution in [0.15, 0.2) is 48.9 Å². The van der Waals surface area contributed by atoms with Gasteiger partial charge >= 0.3 is 0 Å². The lowest BCUT2D eigenvalue weighted by Gasteiger charge is -2.15. The number of fused-ring (bicyclic) bond motifs is 1. The van der Waals surface area contributed by atoms with Gasteiger partial charge in [-0.25, -0.2) is 14.4 Å². The molecule has 0 fully saturated rings. The third-order valence-electron chi connectivity index (χ3n) is 7.31. The van der Waals surface area contributed by atoms with Crippen molar-refractivity contribution in [1.29, 1.82) is 5.41 Å². The molecule has 2 aromatic carbocycles. The number of ketones is 1. The molecule has 2 heterocycles. The fraction of sp³-hybridized carbons (Fsp3) is 0.344. The van der Waals surface area contributed by atoms with Crippen LogP contribution in [-0.2, 0) is 11.2 Å². The van der Waals surface area contributed by atoms with Crippen molar-refractivity contribution in [2.24, 2.45) is 0 Å². The van der Waals surface area contributed by atoms with Gasteiger partial charge in [-0.2, -0.15) is 4.39 Å². The van der Waals surface area contributed by atoms with Crippen LogP contribution in [0.1, 0.15) is 61.9 Å². The average Bonchev–Trinajstić information content (AvgIpc) is 3.46. The summed E-state index contributed by atoms with van der Waals surface area (Å²) >= 11 is 0. The summed E-state index contributed by atoms with van der Waals surface area (Å²) in [5, 5.41) is 15.9. The van der Waals surface area contributed by atoms with Gasteiger partial charge in [0.25, 0.3) is 0 Å². The van der Waals surface area contributed by atoms with Crippen LogP contribution in [0.5, 0.6) is 5.75 Å². The van der Waals surface area contributed by atoms with Crippen LogP contribution in [-0.4, -0.2) is 52.1 Å². The molecule has 0 aliphatic rings. The first kappa shape index (κ1) is 32.1. The molecule has 0 saturated heterocycles. The number of halogens is 2. The molecule has 4 aromatic rings. The average molecular weight is 606 g/mol. The van der Waals surface area contributed by atoms with Gasteiger partial charge in [0.1, 0.15) is 0 Å². The number of nitrogens with one attached hydrogen (secondary N) is 4. The zero-order valence-electron chi connectivity index (χ0n) is 25.0. The number of ether oxygens (including phenoxy) is 1. The Kier molecular flexibility index (Phi) is 11.0. The minimum atomic E-state index is -1.08. The molecule has 0 aliphatic heterocycles. The lowest BCUT2D eigenvalue weighted by molar-refractivity contribution is -0.121. The van der Waals surface area contributed by atoms with E-state index in [1.54, 1.807) is 22.7 Å². The SMILES string of the molecule is CCc1cc(Nc2nccn3c(-c4ccc(OC)c(F)c4F)cnc23)ccc1C(=O)CC[C@H](C)NC(=O)CCCCNC=N. The molecule has 0 spiro atoms. The number of nitrogens with zero attached hydrogens (tertiary/aromatic N) is 3. The van der Waals surface area contributed by atoms with E-state index in [-0.39, 0.29) is 29.0 Å². The van der Waals surface area contributed by atoms with Gasteiger partial charge in [-0.3, -0.25) is 19.4 Å². The largest absolute Gasteiger partial charge is 0.494 e. The zero-order valence-corrected chi connectivity index (χ0v) is 25.0. The van der Waals surface area contributed by atoms with E-state index in [1.165, 1.54) is 31.6 Å². The molecule has 44 heavy (non-hydrogen) atoms. The fourth-order valence-electron chi connectivity index (χ4n) is 4.95. The van der Waals surface area contributed by atoms with Crippen molar-refractivity contribution in [1.82, 2.24) is 25.0 Å². The standard InChI is InChI=1S/C32H37F2N7O3/c1-4-21-17-22(9-10-23(21)26(42)12-8-20(2)39-28(43)7-5-6-14-36-19-35)40-31-32-38-18-25(41(32)16-15-37-31)24-11-13-27(44-3)30(34)29(24)33/h9-11,13,15-20H,4-8,12,14H2,1-3H3,(H2,35,36)(H,37,40)(H,39,43)/t20-/m0/s1. The number of Topliss-reactive ketones (excluding diaryl/α,β-unsaturated/α-hetero) is 1. The Hall–Kier alpha value is -4.87. The quantitative estimate of drug-likeness (QED) is 0.0547. The highest BCUT2D eigenvalue weighted by Gasteiger charge is 2.20. The minimum absolute atomic E-state index is 0.000840. The van der Waals surface area contributed by atoms with Crippen molar-refractivity contribution in [3.8, 4) is 17.0 Å². The van der Waals surface area contributed by atoms with Crippen molar-refractivity contribution >= 4 is 35.2 Å². The van der Waals surface area contributed by atoms with Gasteiger partial charge in [-0.1, -0.05) is 6.92 Å². The van der Waals surface area contributed by atoms with E-state index in [2.05, 4.69) is 25.9 Å². The minimum Gasteiger partial charge on any atom is -0.494 e. The Bertz CT molecular complexity index is 1640. The lowest BCUT2D eigenvalue weighted by atomic mass is 9.97. The molecule has 0 unspecified atom stereocenters. The number of hydrogen-bond acceptors (Lipinski definition) is 7. The number of rotatable bonds is 16. The first-order valence-corrected chi connectivity index (χ1v) is 14.6. The Morgan fingerprint density at radius 1 is 1.11 bits per heavy atom. The first-order chi connectivity index (χ1) is 21.3. The molecule has 0 saturated carbocycles. The van der Waals surface area contributed by atoms with Gasteiger partial charge in [0.15, 0.2) is 28.8 Å². The second-order valence-electron chi connectivity index (χ2n) is 10.4. The van der Waals surface area contributed by atoms with Crippen molar-refractivity contribution in [3.63, 3.8) is 0 Å². The van der Waals surface area contributed by atoms with Crippen molar-refractivity contribution in [3.05, 3.63) is 71.7 Å². The first-order valence-electron chi connectivity index (χ1n) is 14.6. The maximum Gasteiger partial charge on any atom is 0.220 e. The second kappa shape index (κ2) is 15.0. The van der Waals surface area contributed by atoms with Crippen molar-refractivity contribution < 1.29 is 23.1 Å². The monoisotopic (exact) mass is 605 g/mol. The van der Waals surface area contributed by atoms with Crippen LogP contribution >= 0.6 is 0 Å². The maximum atomic E-state index is 14.8. The smallest absolute Gasteiger partial charge is 0.220 e. The summed E-state index contributed by atoms with van der Waals surface area (Å²) in [6, 6.07) is 8.13. The second-order valence-corrected chi connectivity index (χ2v) is 10.4. The maximum absolute atomic E-state index is 14.8. The number of carbonyl (C=O) groups is 2. The summed E-state index contributed by atoms with van der Waals surface area (Å²) in [7, 11) is 1.27. The number of methoxy groups -OCH3 is 1. The van der Waals surface area contributed by atoms with Crippen molar-refractivity contribution in [2.45, 2.75) is 58.4 Å². The molecule has 2 aromatic heterocycles. The molecule has 1 amide bonds. The van der Waals surface area contributed by atoms with Gasteiger partial charge in [0, 0.05) is 54.6 Å². The lowest BCUT2D eigenvalue weighted by Crippen LogP contribution is -2.32. The molecule has 1 atom stereocenters. The number of amides is 1. The third-order valence-corrected chi connectivity index (χ3v) is 7.31. The third kappa shape index (κ3) is 7.55. The van der Waals surface area contributed by atoms with E-state index in [4.69, 9.17) is 10.1 Å². The van der Waals surface area contributed by atoms with E-state index >= 15 is 0 Å². The summed E-state index contributed by atoms with van der Waals surface area (Å²) in [6.45, 7) is 4.53. The number of imidazole rings is 1. The van der Waals surface area contributed by atoms with Crippen LogP contribution in [0.25, 0.3) is 16.9 Å². The van der Waals surface area contributed by atoms with E-state index < -0.39 is 11.6 Å². The molecule has 0 bridgehead atoms. The Balaban J connectivity index is 1.42. The molecule has 10 nitrogen and oxygen atoms in total. The molecule has 0 aliphatic carbocycles. The predicted molar refractivity (Wildman–Crippen MR) is 166 cm³/mol. The van der Waals surface area contributed by atoms with Crippen LogP contribution in [0.2, 0.25) is 0 Å². The molecular formula is C32H37F2N7O3. The summed E-state index contributed by atoms with van der Waals surface area (Å²) in [5.74, 6) is -1.93. The predicted octanol–water partition coefficient (Wildman–Crippen LogP) is 5.82. The van der Waals surface area contributed by atoms with Crippen LogP contribution < -0.4 is 20.7 Å². The Labute approximate surface area is 254 Å². The molecule has 0 radical (unpaired) electrons. The number of aromatic nitrogens is 3. The molecular weight excluding hydrogens is 568 g/mol. The Morgan fingerprint density at radius 2 is 1.93 bits per heavy atom. The highest BCUT2D eigenvalue weighted by Crippen LogP contribution is 2.31. The molecule has 4 rings (SSSR count). The molecule has 232 valence electrons. The van der Waals surface area contributed by atoms with Gasteiger partial charge < -0.3 is 20.7 Å². The van der Waals surface area contributed by atoms with Crippen LogP contribution in [0, 0.1) is 17.0 Å². The van der Waals surface area contributed by atoms with E-state index in [0.29, 0.717) is 60.6 Å². The summed E-state index contributed by atoms with van der Waals surface area (Å²) in [6.07, 6.45) is 9.13. The van der Waals surface area contributed by atoms with Crippen molar-refractivity contribution in [2.75, 3.05) is 19.0 Å². The highest BCUT2D eigenvalue weighted by atomic mass is 19.2. The van der Waals surface area contributed by atoms with E-state index in [0.717, 1.165) is 24.7 Å². The topological polar surface area (TPSA) is 134 Å². The Morgan fingerprint density at radius 3 is 2.68 bits per heavy atom. The van der Waals surface area contributed by atoms with Crippen LogP contribution in [0.3, 0.4) is 0 Å². The normalized spacial score (nSPS) is 11.7. The summed E-state index contributed by atoms with van der Waals surface area (Å²) < 4.78 is 35.7. The van der Waals surface area contributed by atoms with Gasteiger partial charge in [-0.15, -0.1) is 0 Å². The van der Waals surface area contributed by atoms with Gasteiger partial charge in [-0.05, 0) is 68.5 Å². The number of carbonyl (C=O) groups excluding carboxylic acids is 2. The van der Waals surface area contributed by atoms with Gasteiger partial charge in [0.05, 0.1) is 25.3 Å². The summed E-state index contributed by atoms with van der Waals surface area (Å²) in [4.78, 5) is 34.1.